The van der Waals surface area contributed by atoms with Crippen LogP contribution in [0.1, 0.15) is 16.8 Å². The van der Waals surface area contributed by atoms with Crippen LogP contribution in [0.25, 0.3) is 10.9 Å². The molecule has 0 radical (unpaired) electrons. The van der Waals surface area contributed by atoms with E-state index in [0.29, 0.717) is 29.4 Å². The third kappa shape index (κ3) is 2.44. The molecule has 0 spiro atoms. The van der Waals surface area contributed by atoms with E-state index in [1.165, 1.54) is 0 Å². The monoisotopic (exact) mass is 360 g/mol. The number of nitrogens with zero attached hydrogens (tertiary/aromatic N) is 1. The average molecular weight is 361 g/mol. The number of H-pyrrole nitrogens is 1. The van der Waals surface area contributed by atoms with Crippen molar-refractivity contribution in [2.75, 3.05) is 6.54 Å². The van der Waals surface area contributed by atoms with E-state index in [0.717, 1.165) is 27.7 Å². The zero-order valence-corrected chi connectivity index (χ0v) is 14.8. The van der Waals surface area contributed by atoms with E-state index in [2.05, 4.69) is 4.98 Å². The van der Waals surface area contributed by atoms with Gasteiger partial charge >= 0.3 is 0 Å². The molecule has 0 fully saturated rings. The minimum Gasteiger partial charge on any atom is -0.358 e. The molecule has 4 rings (SSSR count). The lowest BCUT2D eigenvalue weighted by atomic mass is 10.1. The van der Waals surface area contributed by atoms with Crippen molar-refractivity contribution in [3.05, 3.63) is 64.3 Å². The Morgan fingerprint density at radius 1 is 1.17 bits per heavy atom. The molecule has 0 saturated heterocycles. The molecule has 0 unspecified atom stereocenters. The van der Waals surface area contributed by atoms with Crippen LogP contribution in [0.2, 0.25) is 5.02 Å². The van der Waals surface area contributed by atoms with Crippen LogP contribution in [0.3, 0.4) is 0 Å². The summed E-state index contributed by atoms with van der Waals surface area (Å²) in [5.74, 6) is 0. The molecule has 0 aliphatic carbocycles. The topological polar surface area (TPSA) is 53.2 Å². The second kappa shape index (κ2) is 5.62. The Kier molecular flexibility index (Phi) is 3.67. The summed E-state index contributed by atoms with van der Waals surface area (Å²) in [5, 5.41) is 1.66. The first-order chi connectivity index (χ1) is 11.5. The van der Waals surface area contributed by atoms with E-state index in [1.807, 2.05) is 37.3 Å². The van der Waals surface area contributed by atoms with Crippen molar-refractivity contribution >= 4 is 32.5 Å². The molecule has 0 atom stereocenters. The highest BCUT2D eigenvalue weighted by Gasteiger charge is 2.31. The molecule has 24 heavy (non-hydrogen) atoms. The predicted molar refractivity (Wildman–Crippen MR) is 95.8 cm³/mol. The van der Waals surface area contributed by atoms with Crippen LogP contribution in [0.15, 0.2) is 47.4 Å². The quantitative estimate of drug-likeness (QED) is 0.754. The maximum atomic E-state index is 13.0. The summed E-state index contributed by atoms with van der Waals surface area (Å²) in [6.07, 6.45) is 0.673. The van der Waals surface area contributed by atoms with E-state index in [-0.39, 0.29) is 0 Å². The maximum absolute atomic E-state index is 13.0. The third-order valence-electron chi connectivity index (χ3n) is 4.61. The van der Waals surface area contributed by atoms with E-state index in [4.69, 9.17) is 11.6 Å². The molecular formula is C18H17ClN2O2S. The van der Waals surface area contributed by atoms with Crippen molar-refractivity contribution in [1.82, 2.24) is 9.29 Å². The number of benzene rings is 2. The van der Waals surface area contributed by atoms with Gasteiger partial charge < -0.3 is 4.98 Å². The van der Waals surface area contributed by atoms with Gasteiger partial charge in [-0.1, -0.05) is 29.8 Å². The van der Waals surface area contributed by atoms with Crippen LogP contribution in [-0.4, -0.2) is 24.3 Å². The van der Waals surface area contributed by atoms with Crippen LogP contribution >= 0.6 is 11.6 Å². The number of aryl methyl sites for hydroxylation is 1. The molecule has 0 bridgehead atoms. The number of aromatic nitrogens is 1. The Morgan fingerprint density at radius 3 is 2.75 bits per heavy atom. The van der Waals surface area contributed by atoms with Crippen molar-refractivity contribution in [3.8, 4) is 0 Å². The SMILES string of the molecule is Cc1ccccc1S(=O)(=O)N1CCc2[nH]c3ccc(Cl)cc3c2C1. The minimum absolute atomic E-state index is 0.367. The molecule has 1 N–H and O–H groups in total. The number of hydrogen-bond donors (Lipinski definition) is 1. The molecule has 2 heterocycles. The highest BCUT2D eigenvalue weighted by atomic mass is 35.5. The first kappa shape index (κ1) is 15.7. The van der Waals surface area contributed by atoms with Crippen LogP contribution in [0, 0.1) is 6.92 Å². The number of nitrogens with one attached hydrogen (secondary N) is 1. The summed E-state index contributed by atoms with van der Waals surface area (Å²) < 4.78 is 27.6. The molecule has 1 aromatic heterocycles. The first-order valence-electron chi connectivity index (χ1n) is 7.81. The van der Waals surface area contributed by atoms with Gasteiger partial charge in [-0.05, 0) is 42.3 Å². The van der Waals surface area contributed by atoms with Crippen LogP contribution < -0.4 is 0 Å². The molecule has 124 valence electrons. The normalized spacial score (nSPS) is 15.6. The van der Waals surface area contributed by atoms with E-state index < -0.39 is 10.0 Å². The fourth-order valence-corrected chi connectivity index (χ4v) is 5.16. The molecule has 2 aromatic carbocycles. The lowest BCUT2D eigenvalue weighted by molar-refractivity contribution is 0.391. The molecule has 0 amide bonds. The summed E-state index contributed by atoms with van der Waals surface area (Å²) in [7, 11) is -3.51. The largest absolute Gasteiger partial charge is 0.358 e. The summed E-state index contributed by atoms with van der Waals surface area (Å²) in [4.78, 5) is 3.77. The second-order valence-corrected chi connectivity index (χ2v) is 8.47. The molecular weight excluding hydrogens is 344 g/mol. The summed E-state index contributed by atoms with van der Waals surface area (Å²) in [6, 6.07) is 12.8. The standard InChI is InChI=1S/C18H17ClN2O2S/c1-12-4-2-3-5-18(12)24(22,23)21-9-8-17-15(11-21)14-10-13(19)6-7-16(14)20-17/h2-7,10,20H,8-9,11H2,1H3. The van der Waals surface area contributed by atoms with Crippen molar-refractivity contribution < 1.29 is 8.42 Å². The van der Waals surface area contributed by atoms with Crippen molar-refractivity contribution in [1.29, 1.82) is 0 Å². The molecule has 0 saturated carbocycles. The smallest absolute Gasteiger partial charge is 0.243 e. The highest BCUT2D eigenvalue weighted by Crippen LogP contribution is 2.32. The zero-order chi connectivity index (χ0) is 16.9. The lowest BCUT2D eigenvalue weighted by Gasteiger charge is -2.27. The van der Waals surface area contributed by atoms with Crippen molar-refractivity contribution in [3.63, 3.8) is 0 Å². The summed E-state index contributed by atoms with van der Waals surface area (Å²) in [5.41, 5.74) is 3.89. The Labute approximate surface area is 146 Å². The van der Waals surface area contributed by atoms with Gasteiger partial charge in [0.25, 0.3) is 0 Å². The lowest BCUT2D eigenvalue weighted by Crippen LogP contribution is -2.36. The number of halogens is 1. The second-order valence-electron chi connectivity index (χ2n) is 6.13. The number of sulfonamides is 1. The van der Waals surface area contributed by atoms with E-state index in [1.54, 1.807) is 16.4 Å². The number of rotatable bonds is 2. The van der Waals surface area contributed by atoms with Gasteiger partial charge in [0.2, 0.25) is 10.0 Å². The fraction of sp³-hybridized carbons (Fsp3) is 0.222. The number of hydrogen-bond acceptors (Lipinski definition) is 2. The van der Waals surface area contributed by atoms with Crippen LogP contribution in [0.5, 0.6) is 0 Å². The molecule has 1 aliphatic rings. The van der Waals surface area contributed by atoms with Gasteiger partial charge in [0.15, 0.2) is 0 Å². The van der Waals surface area contributed by atoms with Gasteiger partial charge in [0.1, 0.15) is 0 Å². The van der Waals surface area contributed by atoms with Gasteiger partial charge in [0.05, 0.1) is 4.90 Å². The third-order valence-corrected chi connectivity index (χ3v) is 6.85. The zero-order valence-electron chi connectivity index (χ0n) is 13.2. The van der Waals surface area contributed by atoms with E-state index >= 15 is 0 Å². The molecule has 1 aliphatic heterocycles. The Hall–Kier alpha value is -1.82. The molecule has 4 nitrogen and oxygen atoms in total. The Balaban J connectivity index is 1.78. The summed E-state index contributed by atoms with van der Waals surface area (Å²) >= 11 is 6.12. The summed E-state index contributed by atoms with van der Waals surface area (Å²) in [6.45, 7) is 2.67. The minimum atomic E-state index is -3.51. The Morgan fingerprint density at radius 2 is 1.96 bits per heavy atom. The molecule has 3 aromatic rings. The fourth-order valence-electron chi connectivity index (χ4n) is 3.35. The van der Waals surface area contributed by atoms with E-state index in [9.17, 15) is 8.42 Å². The van der Waals surface area contributed by atoms with Gasteiger partial charge in [-0.15, -0.1) is 0 Å². The van der Waals surface area contributed by atoms with Gasteiger partial charge in [-0.2, -0.15) is 4.31 Å². The van der Waals surface area contributed by atoms with Gasteiger partial charge in [-0.25, -0.2) is 8.42 Å². The van der Waals surface area contributed by atoms with Gasteiger partial charge in [-0.3, -0.25) is 0 Å². The van der Waals surface area contributed by atoms with Crippen LogP contribution in [-0.2, 0) is 23.0 Å². The van der Waals surface area contributed by atoms with Gasteiger partial charge in [0, 0.05) is 41.1 Å². The number of fused-ring (bicyclic) bond motifs is 3. The highest BCUT2D eigenvalue weighted by molar-refractivity contribution is 7.89. The van der Waals surface area contributed by atoms with Crippen LogP contribution in [0.4, 0.5) is 0 Å². The maximum Gasteiger partial charge on any atom is 0.243 e. The number of aromatic amines is 1. The van der Waals surface area contributed by atoms with Crippen molar-refractivity contribution in [2.45, 2.75) is 24.8 Å². The first-order valence-corrected chi connectivity index (χ1v) is 9.63. The predicted octanol–water partition coefficient (Wildman–Crippen LogP) is 3.88. The average Bonchev–Trinajstić information content (AvgIpc) is 2.92. The molecule has 6 heteroatoms. The van der Waals surface area contributed by atoms with Crippen molar-refractivity contribution in [2.24, 2.45) is 0 Å². The Bertz CT molecular complexity index is 1040.